The average molecular weight is 318 g/mol. The van der Waals surface area contributed by atoms with Crippen molar-refractivity contribution in [2.75, 3.05) is 16.4 Å². The van der Waals surface area contributed by atoms with E-state index in [4.69, 9.17) is 17.3 Å². The minimum atomic E-state index is -0.799. The first kappa shape index (κ1) is 15.9. The molecule has 0 aliphatic heterocycles. The maximum absolute atomic E-state index is 12.0. The number of hydrogen-bond acceptors (Lipinski definition) is 3. The third-order valence-electron chi connectivity index (χ3n) is 3.09. The molecule has 2 aromatic rings. The lowest BCUT2D eigenvalue weighted by Gasteiger charge is -2.10. The fourth-order valence-electron chi connectivity index (χ4n) is 1.86. The molecule has 0 heterocycles. The molecule has 2 rings (SSSR count). The molecule has 22 heavy (non-hydrogen) atoms. The smallest absolute Gasteiger partial charge is 0.314 e. The van der Waals surface area contributed by atoms with Gasteiger partial charge in [-0.2, -0.15) is 0 Å². The Morgan fingerprint density at radius 2 is 1.59 bits per heavy atom. The van der Waals surface area contributed by atoms with Gasteiger partial charge in [0.25, 0.3) is 0 Å². The Balaban J connectivity index is 2.09. The van der Waals surface area contributed by atoms with E-state index in [-0.39, 0.29) is 5.02 Å². The van der Waals surface area contributed by atoms with E-state index in [9.17, 15) is 9.59 Å². The van der Waals surface area contributed by atoms with Crippen LogP contribution in [0.5, 0.6) is 0 Å². The van der Waals surface area contributed by atoms with Crippen LogP contribution in [0.15, 0.2) is 36.4 Å². The maximum Gasteiger partial charge on any atom is 0.314 e. The van der Waals surface area contributed by atoms with Crippen molar-refractivity contribution in [3.8, 4) is 0 Å². The molecule has 2 aromatic carbocycles. The minimum Gasteiger partial charge on any atom is -0.399 e. The van der Waals surface area contributed by atoms with Gasteiger partial charge in [0, 0.05) is 11.4 Å². The molecule has 6 heteroatoms. The fraction of sp³-hybridized carbons (Fsp3) is 0.125. The largest absolute Gasteiger partial charge is 0.399 e. The first-order chi connectivity index (χ1) is 10.4. The highest BCUT2D eigenvalue weighted by Gasteiger charge is 2.16. The summed E-state index contributed by atoms with van der Waals surface area (Å²) in [6, 6.07) is 10.2. The zero-order chi connectivity index (χ0) is 16.3. The lowest BCUT2D eigenvalue weighted by Crippen LogP contribution is -2.29. The second kappa shape index (κ2) is 6.49. The molecule has 0 unspecified atom stereocenters. The number of anilines is 3. The number of hydrogen-bond donors (Lipinski definition) is 3. The van der Waals surface area contributed by atoms with Gasteiger partial charge < -0.3 is 16.4 Å². The van der Waals surface area contributed by atoms with E-state index in [0.29, 0.717) is 17.1 Å². The van der Waals surface area contributed by atoms with E-state index in [1.165, 1.54) is 6.07 Å². The van der Waals surface area contributed by atoms with Crippen molar-refractivity contribution in [3.63, 3.8) is 0 Å². The summed E-state index contributed by atoms with van der Waals surface area (Å²) in [6.45, 7) is 3.76. The lowest BCUT2D eigenvalue weighted by atomic mass is 10.1. The Labute approximate surface area is 133 Å². The van der Waals surface area contributed by atoms with Crippen LogP contribution in [0.2, 0.25) is 5.02 Å². The second-order valence-corrected chi connectivity index (χ2v) is 5.37. The van der Waals surface area contributed by atoms with Crippen molar-refractivity contribution >= 4 is 40.5 Å². The quantitative estimate of drug-likeness (QED) is 0.587. The standard InChI is InChI=1S/C16H16ClN3O2/c1-9-3-4-10(2)14(7-9)20-16(22)15(21)19-13-6-5-11(18)8-12(13)17/h3-8H,18H2,1-2H3,(H,19,21)(H,20,22). The molecular weight excluding hydrogens is 302 g/mol. The molecule has 0 bridgehead atoms. The molecular formula is C16H16ClN3O2. The summed E-state index contributed by atoms with van der Waals surface area (Å²) in [7, 11) is 0. The average Bonchev–Trinajstić information content (AvgIpc) is 2.45. The van der Waals surface area contributed by atoms with Crippen LogP contribution in [0.4, 0.5) is 17.1 Å². The number of amides is 2. The molecule has 0 fully saturated rings. The van der Waals surface area contributed by atoms with Crippen molar-refractivity contribution in [3.05, 3.63) is 52.5 Å². The van der Waals surface area contributed by atoms with Gasteiger partial charge in [-0.3, -0.25) is 9.59 Å². The number of carbonyl (C=O) groups excluding carboxylic acids is 2. The Hall–Kier alpha value is -2.53. The highest BCUT2D eigenvalue weighted by molar-refractivity contribution is 6.44. The van der Waals surface area contributed by atoms with Crippen LogP contribution < -0.4 is 16.4 Å². The molecule has 5 nitrogen and oxygen atoms in total. The van der Waals surface area contributed by atoms with Crippen LogP contribution >= 0.6 is 11.6 Å². The van der Waals surface area contributed by atoms with E-state index < -0.39 is 11.8 Å². The van der Waals surface area contributed by atoms with Gasteiger partial charge in [-0.25, -0.2) is 0 Å². The van der Waals surface area contributed by atoms with E-state index in [1.54, 1.807) is 18.2 Å². The van der Waals surface area contributed by atoms with E-state index in [0.717, 1.165) is 11.1 Å². The minimum absolute atomic E-state index is 0.271. The summed E-state index contributed by atoms with van der Waals surface area (Å²) in [6.07, 6.45) is 0. The molecule has 0 radical (unpaired) electrons. The molecule has 4 N–H and O–H groups in total. The van der Waals surface area contributed by atoms with Gasteiger partial charge in [0.1, 0.15) is 0 Å². The first-order valence-electron chi connectivity index (χ1n) is 6.61. The molecule has 0 aliphatic rings. The summed E-state index contributed by atoms with van der Waals surface area (Å²) >= 11 is 5.96. The molecule has 2 amide bonds. The van der Waals surface area contributed by atoms with E-state index in [2.05, 4.69) is 10.6 Å². The molecule has 0 atom stereocenters. The van der Waals surface area contributed by atoms with Gasteiger partial charge >= 0.3 is 11.8 Å². The van der Waals surface area contributed by atoms with Crippen molar-refractivity contribution < 1.29 is 9.59 Å². The van der Waals surface area contributed by atoms with Gasteiger partial charge in [0.15, 0.2) is 0 Å². The Morgan fingerprint density at radius 3 is 2.23 bits per heavy atom. The normalized spacial score (nSPS) is 10.1. The van der Waals surface area contributed by atoms with Crippen LogP contribution in [-0.2, 0) is 9.59 Å². The molecule has 0 aliphatic carbocycles. The third kappa shape index (κ3) is 3.77. The van der Waals surface area contributed by atoms with Gasteiger partial charge in [-0.15, -0.1) is 0 Å². The number of aryl methyl sites for hydroxylation is 2. The zero-order valence-electron chi connectivity index (χ0n) is 12.2. The van der Waals surface area contributed by atoms with Crippen molar-refractivity contribution in [1.29, 1.82) is 0 Å². The molecule has 0 saturated carbocycles. The van der Waals surface area contributed by atoms with Gasteiger partial charge in [-0.1, -0.05) is 23.7 Å². The summed E-state index contributed by atoms with van der Waals surface area (Å²) in [5.41, 5.74) is 8.84. The fourth-order valence-corrected chi connectivity index (χ4v) is 2.10. The number of nitrogen functional groups attached to an aromatic ring is 1. The van der Waals surface area contributed by atoms with Crippen molar-refractivity contribution in [2.45, 2.75) is 13.8 Å². The van der Waals surface area contributed by atoms with Crippen molar-refractivity contribution in [1.82, 2.24) is 0 Å². The van der Waals surface area contributed by atoms with Crippen LogP contribution in [-0.4, -0.2) is 11.8 Å². The maximum atomic E-state index is 12.0. The molecule has 0 aromatic heterocycles. The predicted octanol–water partition coefficient (Wildman–Crippen LogP) is 3.12. The summed E-state index contributed by atoms with van der Waals surface area (Å²) in [5.74, 6) is -1.56. The molecule has 0 spiro atoms. The SMILES string of the molecule is Cc1ccc(C)c(NC(=O)C(=O)Nc2ccc(N)cc2Cl)c1. The van der Waals surface area contributed by atoms with Gasteiger partial charge in [-0.05, 0) is 49.2 Å². The topological polar surface area (TPSA) is 84.2 Å². The van der Waals surface area contributed by atoms with Gasteiger partial charge in [0.2, 0.25) is 0 Å². The van der Waals surface area contributed by atoms with E-state index >= 15 is 0 Å². The predicted molar refractivity (Wildman–Crippen MR) is 89.0 cm³/mol. The number of rotatable bonds is 2. The van der Waals surface area contributed by atoms with Gasteiger partial charge in [0.05, 0.1) is 10.7 Å². The Morgan fingerprint density at radius 1 is 0.955 bits per heavy atom. The van der Waals surface area contributed by atoms with Crippen LogP contribution in [0.25, 0.3) is 0 Å². The number of halogens is 1. The highest BCUT2D eigenvalue weighted by atomic mass is 35.5. The van der Waals surface area contributed by atoms with Crippen LogP contribution in [0.1, 0.15) is 11.1 Å². The summed E-state index contributed by atoms with van der Waals surface area (Å²) in [5, 5.41) is 5.31. The summed E-state index contributed by atoms with van der Waals surface area (Å²) in [4.78, 5) is 23.9. The lowest BCUT2D eigenvalue weighted by molar-refractivity contribution is -0.133. The summed E-state index contributed by atoms with van der Waals surface area (Å²) < 4.78 is 0. The monoisotopic (exact) mass is 317 g/mol. The third-order valence-corrected chi connectivity index (χ3v) is 3.40. The number of nitrogens with one attached hydrogen (secondary N) is 2. The molecule has 114 valence electrons. The second-order valence-electron chi connectivity index (χ2n) is 4.97. The highest BCUT2D eigenvalue weighted by Crippen LogP contribution is 2.24. The van der Waals surface area contributed by atoms with E-state index in [1.807, 2.05) is 26.0 Å². The Bertz CT molecular complexity index is 744. The van der Waals surface area contributed by atoms with Crippen LogP contribution in [0.3, 0.4) is 0 Å². The zero-order valence-corrected chi connectivity index (χ0v) is 13.0. The number of benzene rings is 2. The number of carbonyl (C=O) groups is 2. The van der Waals surface area contributed by atoms with Crippen molar-refractivity contribution in [2.24, 2.45) is 0 Å². The number of nitrogens with two attached hydrogens (primary N) is 1. The molecule has 0 saturated heterocycles. The Kier molecular flexibility index (Phi) is 4.68. The first-order valence-corrected chi connectivity index (χ1v) is 6.99. The van der Waals surface area contributed by atoms with Crippen LogP contribution in [0, 0.1) is 13.8 Å².